The van der Waals surface area contributed by atoms with E-state index in [1.807, 2.05) is 30.3 Å². The van der Waals surface area contributed by atoms with Gasteiger partial charge in [0.25, 0.3) is 5.91 Å². The molecule has 0 radical (unpaired) electrons. The minimum absolute atomic E-state index is 0.130. The number of nitrogens with one attached hydrogen (secondary N) is 1. The highest BCUT2D eigenvalue weighted by Crippen LogP contribution is 2.19. The van der Waals surface area contributed by atoms with Gasteiger partial charge in [-0.05, 0) is 30.2 Å². The molecule has 1 heterocycles. The van der Waals surface area contributed by atoms with Crippen molar-refractivity contribution in [3.8, 4) is 0 Å². The van der Waals surface area contributed by atoms with Crippen LogP contribution in [0.2, 0.25) is 0 Å². The van der Waals surface area contributed by atoms with E-state index in [0.717, 1.165) is 5.69 Å². The van der Waals surface area contributed by atoms with Crippen LogP contribution in [0, 0.1) is 5.82 Å². The summed E-state index contributed by atoms with van der Waals surface area (Å²) in [6, 6.07) is 15.1. The first-order chi connectivity index (χ1) is 11.1. The summed E-state index contributed by atoms with van der Waals surface area (Å²) in [5, 5.41) is 3.07. The lowest BCUT2D eigenvalue weighted by molar-refractivity contribution is -0.138. The minimum Gasteiger partial charge on any atom is -0.373 e. The van der Waals surface area contributed by atoms with Gasteiger partial charge in [0.15, 0.2) is 0 Å². The molecule has 1 fully saturated rings. The number of rotatable bonds is 5. The molecule has 0 aliphatic carbocycles. The first-order valence-corrected chi connectivity index (χ1v) is 7.54. The lowest BCUT2D eigenvalue weighted by atomic mass is 10.1. The number of carbonyl (C=O) groups excluding carboxylic acids is 2. The lowest BCUT2D eigenvalue weighted by Gasteiger charge is -2.16. The Balaban J connectivity index is 1.64. The zero-order chi connectivity index (χ0) is 16.2. The molecule has 5 heteroatoms. The molecule has 1 aliphatic heterocycles. The van der Waals surface area contributed by atoms with Crippen molar-refractivity contribution in [2.75, 3.05) is 11.9 Å². The van der Waals surface area contributed by atoms with E-state index in [0.29, 0.717) is 12.0 Å². The third-order valence-electron chi connectivity index (χ3n) is 3.92. The van der Waals surface area contributed by atoms with E-state index in [-0.39, 0.29) is 30.6 Å². The number of likely N-dealkylation sites (tertiary alicyclic amines) is 1. The molecular weight excluding hydrogens is 295 g/mol. The third kappa shape index (κ3) is 3.39. The minimum atomic E-state index is -0.550. The fourth-order valence-corrected chi connectivity index (χ4v) is 2.70. The third-order valence-corrected chi connectivity index (χ3v) is 3.92. The molecule has 4 nitrogen and oxygen atoms in total. The van der Waals surface area contributed by atoms with E-state index < -0.39 is 6.04 Å². The highest BCUT2D eigenvalue weighted by atomic mass is 19.1. The summed E-state index contributed by atoms with van der Waals surface area (Å²) < 4.78 is 13.6. The number of hydrogen-bond acceptors (Lipinski definition) is 3. The molecule has 2 aromatic rings. The van der Waals surface area contributed by atoms with Crippen LogP contribution in [0.1, 0.15) is 12.0 Å². The van der Waals surface area contributed by atoms with E-state index >= 15 is 0 Å². The molecular formula is C18H17FN2O2. The Bertz CT molecular complexity index is 718. The summed E-state index contributed by atoms with van der Waals surface area (Å²) in [6.45, 7) is 0.200. The van der Waals surface area contributed by atoms with Crippen molar-refractivity contribution in [1.29, 1.82) is 0 Å². The quantitative estimate of drug-likeness (QED) is 0.864. The van der Waals surface area contributed by atoms with Crippen LogP contribution in [0.25, 0.3) is 0 Å². The molecule has 0 spiro atoms. The van der Waals surface area contributed by atoms with Crippen molar-refractivity contribution in [2.24, 2.45) is 0 Å². The van der Waals surface area contributed by atoms with Gasteiger partial charge in [-0.25, -0.2) is 4.39 Å². The highest BCUT2D eigenvalue weighted by Gasteiger charge is 2.38. The second kappa shape index (κ2) is 6.60. The molecule has 2 amide bonds. The monoisotopic (exact) mass is 312 g/mol. The van der Waals surface area contributed by atoms with Gasteiger partial charge in [0.05, 0.1) is 6.42 Å². The standard InChI is InChI=1S/C18H17FN2O2/c19-15-9-5-4-6-13(15)10-11-21-17(22)12-16(18(21)23)20-14-7-2-1-3-8-14/h1-9,16,20H,10-12H2/t16-/m0/s1. The number of imide groups is 1. The SMILES string of the molecule is O=C1C[C@H](Nc2ccccc2)C(=O)N1CCc1ccccc1F. The maximum atomic E-state index is 13.6. The molecule has 0 saturated carbocycles. The highest BCUT2D eigenvalue weighted by molar-refractivity contribution is 6.06. The fourth-order valence-electron chi connectivity index (χ4n) is 2.70. The van der Waals surface area contributed by atoms with Gasteiger partial charge < -0.3 is 5.32 Å². The topological polar surface area (TPSA) is 49.4 Å². The number of hydrogen-bond donors (Lipinski definition) is 1. The van der Waals surface area contributed by atoms with Gasteiger partial charge in [0, 0.05) is 12.2 Å². The molecule has 3 rings (SSSR count). The van der Waals surface area contributed by atoms with Crippen molar-refractivity contribution in [2.45, 2.75) is 18.9 Å². The van der Waals surface area contributed by atoms with Crippen LogP contribution in [0.5, 0.6) is 0 Å². The van der Waals surface area contributed by atoms with E-state index in [1.165, 1.54) is 11.0 Å². The summed E-state index contributed by atoms with van der Waals surface area (Å²) in [7, 11) is 0. The predicted octanol–water partition coefficient (Wildman–Crippen LogP) is 2.61. The first-order valence-electron chi connectivity index (χ1n) is 7.54. The largest absolute Gasteiger partial charge is 0.373 e. The Hall–Kier alpha value is -2.69. The molecule has 1 saturated heterocycles. The first kappa shape index (κ1) is 15.2. The van der Waals surface area contributed by atoms with Crippen molar-refractivity contribution in [3.63, 3.8) is 0 Å². The van der Waals surface area contributed by atoms with Crippen LogP contribution in [0.4, 0.5) is 10.1 Å². The van der Waals surface area contributed by atoms with Gasteiger partial charge >= 0.3 is 0 Å². The summed E-state index contributed by atoms with van der Waals surface area (Å²) in [6.07, 6.45) is 0.452. The number of amides is 2. The van der Waals surface area contributed by atoms with Gasteiger partial charge in [0.1, 0.15) is 11.9 Å². The summed E-state index contributed by atoms with van der Waals surface area (Å²) in [4.78, 5) is 25.7. The van der Waals surface area contributed by atoms with Crippen LogP contribution in [-0.4, -0.2) is 29.3 Å². The maximum absolute atomic E-state index is 13.6. The smallest absolute Gasteiger partial charge is 0.252 e. The maximum Gasteiger partial charge on any atom is 0.252 e. The van der Waals surface area contributed by atoms with Gasteiger partial charge in [-0.15, -0.1) is 0 Å². The summed E-state index contributed by atoms with van der Waals surface area (Å²) in [5.74, 6) is -0.791. The number of benzene rings is 2. The van der Waals surface area contributed by atoms with E-state index in [1.54, 1.807) is 18.2 Å². The molecule has 0 unspecified atom stereocenters. The number of halogens is 1. The van der Waals surface area contributed by atoms with Crippen molar-refractivity contribution in [1.82, 2.24) is 4.90 Å². The summed E-state index contributed by atoms with van der Waals surface area (Å²) in [5.41, 5.74) is 1.31. The zero-order valence-corrected chi connectivity index (χ0v) is 12.5. The molecule has 1 N–H and O–H groups in total. The fraction of sp³-hybridized carbons (Fsp3) is 0.222. The van der Waals surface area contributed by atoms with Gasteiger partial charge in [0.2, 0.25) is 5.91 Å². The molecule has 0 aromatic heterocycles. The number of anilines is 1. The second-order valence-corrected chi connectivity index (χ2v) is 5.49. The van der Waals surface area contributed by atoms with E-state index in [2.05, 4.69) is 5.32 Å². The van der Waals surface area contributed by atoms with Crippen LogP contribution >= 0.6 is 0 Å². The van der Waals surface area contributed by atoms with E-state index in [9.17, 15) is 14.0 Å². The van der Waals surface area contributed by atoms with Crippen LogP contribution < -0.4 is 5.32 Å². The van der Waals surface area contributed by atoms with Gasteiger partial charge in [-0.3, -0.25) is 14.5 Å². The molecule has 118 valence electrons. The summed E-state index contributed by atoms with van der Waals surface area (Å²) >= 11 is 0. The normalized spacial score (nSPS) is 17.6. The predicted molar refractivity (Wildman–Crippen MR) is 85.3 cm³/mol. The Morgan fingerprint density at radius 3 is 2.48 bits per heavy atom. The number of para-hydroxylation sites is 1. The van der Waals surface area contributed by atoms with Crippen LogP contribution in [0.3, 0.4) is 0 Å². The van der Waals surface area contributed by atoms with Gasteiger partial charge in [-0.2, -0.15) is 0 Å². The van der Waals surface area contributed by atoms with Crippen molar-refractivity contribution >= 4 is 17.5 Å². The van der Waals surface area contributed by atoms with Gasteiger partial charge in [-0.1, -0.05) is 36.4 Å². The molecule has 23 heavy (non-hydrogen) atoms. The molecule has 2 aromatic carbocycles. The number of carbonyl (C=O) groups is 2. The lowest BCUT2D eigenvalue weighted by Crippen LogP contribution is -2.36. The second-order valence-electron chi connectivity index (χ2n) is 5.49. The average Bonchev–Trinajstić information content (AvgIpc) is 2.82. The Morgan fingerprint density at radius 2 is 1.74 bits per heavy atom. The Morgan fingerprint density at radius 1 is 1.04 bits per heavy atom. The Kier molecular flexibility index (Phi) is 4.37. The Labute approximate surface area is 133 Å². The number of nitrogens with zero attached hydrogens (tertiary/aromatic N) is 1. The molecule has 1 aliphatic rings. The molecule has 0 bridgehead atoms. The van der Waals surface area contributed by atoms with Crippen molar-refractivity contribution < 1.29 is 14.0 Å². The molecule has 1 atom stereocenters. The van der Waals surface area contributed by atoms with Crippen LogP contribution in [-0.2, 0) is 16.0 Å². The zero-order valence-electron chi connectivity index (χ0n) is 12.5. The van der Waals surface area contributed by atoms with Crippen molar-refractivity contribution in [3.05, 3.63) is 66.0 Å². The van der Waals surface area contributed by atoms with Crippen LogP contribution in [0.15, 0.2) is 54.6 Å². The average molecular weight is 312 g/mol. The van der Waals surface area contributed by atoms with E-state index in [4.69, 9.17) is 0 Å².